The lowest BCUT2D eigenvalue weighted by Gasteiger charge is -2.51. The van der Waals surface area contributed by atoms with Gasteiger partial charge in [0.15, 0.2) is 6.35 Å². The van der Waals surface area contributed by atoms with Gasteiger partial charge in [-0.2, -0.15) is 0 Å². The molecule has 8 nitrogen and oxygen atoms in total. The van der Waals surface area contributed by atoms with Crippen molar-refractivity contribution in [3.63, 3.8) is 0 Å². The summed E-state index contributed by atoms with van der Waals surface area (Å²) < 4.78 is 0. The van der Waals surface area contributed by atoms with Crippen LogP contribution in [0.1, 0.15) is 37.7 Å². The summed E-state index contributed by atoms with van der Waals surface area (Å²) in [6.07, 6.45) is 3.20. The Hall–Kier alpha value is -1.55. The van der Waals surface area contributed by atoms with E-state index in [9.17, 15) is 15.0 Å². The molecule has 3 rings (SSSR count). The fourth-order valence-corrected chi connectivity index (χ4v) is 5.49. The molecule has 2 fully saturated rings. The van der Waals surface area contributed by atoms with Crippen LogP contribution in [-0.2, 0) is 10.3 Å². The van der Waals surface area contributed by atoms with E-state index in [1.54, 1.807) is 0 Å². The monoisotopic (exact) mass is 434 g/mol. The molecule has 0 radical (unpaired) electrons. The van der Waals surface area contributed by atoms with Gasteiger partial charge in [0.05, 0.1) is 13.2 Å². The number of benzene rings is 1. The maximum Gasteiger partial charge on any atom is 0.221 e. The molecule has 31 heavy (non-hydrogen) atoms. The van der Waals surface area contributed by atoms with Gasteiger partial charge in [0.1, 0.15) is 0 Å². The number of β-amino-alcohol motifs (C(OH)–C–C–N with tert-alkyl or cyclic N) is 1. The average Bonchev–Trinajstić information content (AvgIpc) is 3.03. The largest absolute Gasteiger partial charge is 0.395 e. The van der Waals surface area contributed by atoms with Crippen molar-refractivity contribution >= 4 is 5.91 Å². The van der Waals surface area contributed by atoms with E-state index < -0.39 is 6.35 Å². The predicted octanol–water partition coefficient (Wildman–Crippen LogP) is 0.141. The van der Waals surface area contributed by atoms with Crippen molar-refractivity contribution in [2.45, 2.75) is 49.5 Å². The van der Waals surface area contributed by atoms with Crippen LogP contribution in [0, 0.1) is 0 Å². The summed E-state index contributed by atoms with van der Waals surface area (Å²) in [4.78, 5) is 18.3. The van der Waals surface area contributed by atoms with Crippen LogP contribution in [-0.4, -0.2) is 101 Å². The molecule has 4 N–H and O–H groups in total. The number of carbonyl (C=O) groups excluding carboxylic acids is 1. The second-order valence-electron chi connectivity index (χ2n) is 9.07. The molecule has 1 aliphatic carbocycles. The molecular formula is C23H38N4O4. The predicted molar refractivity (Wildman–Crippen MR) is 119 cm³/mol. The number of aliphatic hydroxyl groups excluding tert-OH is 3. The third kappa shape index (κ3) is 4.94. The minimum absolute atomic E-state index is 0.0128. The van der Waals surface area contributed by atoms with Crippen LogP contribution in [0.15, 0.2) is 30.3 Å². The summed E-state index contributed by atoms with van der Waals surface area (Å²) >= 11 is 0. The lowest BCUT2D eigenvalue weighted by atomic mass is 9.68. The van der Waals surface area contributed by atoms with Crippen LogP contribution in [0.3, 0.4) is 0 Å². The quantitative estimate of drug-likeness (QED) is 0.439. The number of nitrogens with zero attached hydrogens (tertiary/aromatic N) is 3. The van der Waals surface area contributed by atoms with Gasteiger partial charge in [-0.05, 0) is 45.3 Å². The smallest absolute Gasteiger partial charge is 0.221 e. The zero-order valence-corrected chi connectivity index (χ0v) is 18.8. The van der Waals surface area contributed by atoms with Crippen LogP contribution in [0.4, 0.5) is 0 Å². The van der Waals surface area contributed by atoms with Gasteiger partial charge >= 0.3 is 0 Å². The van der Waals surface area contributed by atoms with Gasteiger partial charge in [0.25, 0.3) is 0 Å². The third-order valence-electron chi connectivity index (χ3n) is 7.29. The van der Waals surface area contributed by atoms with Crippen molar-refractivity contribution in [2.75, 3.05) is 53.5 Å². The summed E-state index contributed by atoms with van der Waals surface area (Å²) in [5.74, 6) is -0.129. The van der Waals surface area contributed by atoms with Gasteiger partial charge in [0, 0.05) is 43.7 Å². The van der Waals surface area contributed by atoms with E-state index in [2.05, 4.69) is 48.6 Å². The van der Waals surface area contributed by atoms with Crippen molar-refractivity contribution < 1.29 is 20.1 Å². The Bertz CT molecular complexity index is 707. The number of hydrogen-bond donors (Lipinski definition) is 4. The Kier molecular flexibility index (Phi) is 8.07. The van der Waals surface area contributed by atoms with Crippen LogP contribution in [0.25, 0.3) is 0 Å². The first-order valence-electron chi connectivity index (χ1n) is 11.3. The van der Waals surface area contributed by atoms with Crippen molar-refractivity contribution in [2.24, 2.45) is 0 Å². The van der Waals surface area contributed by atoms with Crippen LogP contribution in [0.2, 0.25) is 0 Å². The maximum atomic E-state index is 12.0. The van der Waals surface area contributed by atoms with Crippen LogP contribution >= 0.6 is 0 Å². The Morgan fingerprint density at radius 2 is 1.77 bits per heavy atom. The molecule has 1 aromatic carbocycles. The normalized spacial score (nSPS) is 29.7. The lowest BCUT2D eigenvalue weighted by molar-refractivity contribution is -0.123. The molecule has 1 amide bonds. The molecule has 1 spiro atoms. The van der Waals surface area contributed by atoms with Gasteiger partial charge in [-0.25, -0.2) is 0 Å². The number of aliphatic hydroxyl groups is 3. The SMILES string of the molecule is CN(C)C1(c2ccccc2)CCC2(CC1)CN(CCC(=O)NCCO)C(O)N2CCO. The summed E-state index contributed by atoms with van der Waals surface area (Å²) in [7, 11) is 4.27. The highest BCUT2D eigenvalue weighted by Crippen LogP contribution is 2.49. The number of carbonyl (C=O) groups is 1. The number of nitrogens with one attached hydrogen (secondary N) is 1. The molecule has 0 bridgehead atoms. The second-order valence-corrected chi connectivity index (χ2v) is 9.07. The number of hydrogen-bond acceptors (Lipinski definition) is 7. The van der Waals surface area contributed by atoms with Crippen molar-refractivity contribution in [3.05, 3.63) is 35.9 Å². The highest BCUT2D eigenvalue weighted by molar-refractivity contribution is 5.76. The molecule has 1 aliphatic heterocycles. The molecule has 1 saturated heterocycles. The molecule has 2 aliphatic rings. The Labute approximate surface area is 185 Å². The Morgan fingerprint density at radius 1 is 1.10 bits per heavy atom. The Morgan fingerprint density at radius 3 is 2.35 bits per heavy atom. The average molecular weight is 435 g/mol. The molecule has 1 saturated carbocycles. The highest BCUT2D eigenvalue weighted by Gasteiger charge is 2.54. The van der Waals surface area contributed by atoms with Gasteiger partial charge in [0.2, 0.25) is 5.91 Å². The van der Waals surface area contributed by atoms with E-state index in [4.69, 9.17) is 5.11 Å². The van der Waals surface area contributed by atoms with E-state index in [0.29, 0.717) is 19.6 Å². The summed E-state index contributed by atoms with van der Waals surface area (Å²) in [5.41, 5.74) is 1.07. The van der Waals surface area contributed by atoms with E-state index in [-0.39, 0.29) is 43.2 Å². The zero-order chi connectivity index (χ0) is 22.5. The van der Waals surface area contributed by atoms with Crippen molar-refractivity contribution in [1.29, 1.82) is 0 Å². The minimum Gasteiger partial charge on any atom is -0.395 e. The zero-order valence-electron chi connectivity index (χ0n) is 18.8. The molecule has 1 atom stereocenters. The molecule has 8 heteroatoms. The molecule has 1 heterocycles. The standard InChI is InChI=1S/C23H38N4O4/c1-25(2)23(19-6-4-3-5-7-19)11-9-22(10-12-23)18-26(21(31)27(22)15-17-29)14-8-20(30)24-13-16-28/h3-7,21,28-29,31H,8-18H2,1-2H3,(H,24,30). The summed E-state index contributed by atoms with van der Waals surface area (Å²) in [6.45, 7) is 1.68. The molecule has 1 aromatic rings. The summed E-state index contributed by atoms with van der Waals surface area (Å²) in [5, 5.41) is 32.2. The van der Waals surface area contributed by atoms with Gasteiger partial charge in [-0.1, -0.05) is 30.3 Å². The number of amides is 1. The van der Waals surface area contributed by atoms with Gasteiger partial charge < -0.3 is 20.6 Å². The van der Waals surface area contributed by atoms with E-state index in [1.165, 1.54) is 5.56 Å². The second kappa shape index (κ2) is 10.4. The van der Waals surface area contributed by atoms with Crippen LogP contribution in [0.5, 0.6) is 0 Å². The molecular weight excluding hydrogens is 396 g/mol. The Balaban J connectivity index is 1.73. The topological polar surface area (TPSA) is 99.5 Å². The lowest BCUT2D eigenvalue weighted by Crippen LogP contribution is -2.56. The van der Waals surface area contributed by atoms with E-state index in [0.717, 1.165) is 25.7 Å². The van der Waals surface area contributed by atoms with Crippen LogP contribution < -0.4 is 5.32 Å². The van der Waals surface area contributed by atoms with E-state index >= 15 is 0 Å². The maximum absolute atomic E-state index is 12.0. The molecule has 0 aromatic heterocycles. The highest BCUT2D eigenvalue weighted by atomic mass is 16.3. The summed E-state index contributed by atoms with van der Waals surface area (Å²) in [6, 6.07) is 10.6. The van der Waals surface area contributed by atoms with Crippen molar-refractivity contribution in [1.82, 2.24) is 20.0 Å². The molecule has 1 unspecified atom stereocenters. The first-order valence-corrected chi connectivity index (χ1v) is 11.3. The minimum atomic E-state index is -0.804. The first-order chi connectivity index (χ1) is 14.9. The molecule has 174 valence electrons. The third-order valence-corrected chi connectivity index (χ3v) is 7.29. The van der Waals surface area contributed by atoms with E-state index in [1.807, 2.05) is 15.9 Å². The first kappa shape index (κ1) is 24.1. The van der Waals surface area contributed by atoms with Crippen molar-refractivity contribution in [3.8, 4) is 0 Å². The fourth-order valence-electron chi connectivity index (χ4n) is 5.49. The van der Waals surface area contributed by atoms with Gasteiger partial charge in [-0.15, -0.1) is 0 Å². The van der Waals surface area contributed by atoms with Gasteiger partial charge in [-0.3, -0.25) is 19.5 Å². The fraction of sp³-hybridized carbons (Fsp3) is 0.696. The number of rotatable bonds is 9.